The van der Waals surface area contributed by atoms with E-state index in [0.29, 0.717) is 5.54 Å². The summed E-state index contributed by atoms with van der Waals surface area (Å²) in [5.74, 6) is 0. The van der Waals surface area contributed by atoms with Gasteiger partial charge in [0.2, 0.25) is 0 Å². The van der Waals surface area contributed by atoms with Gasteiger partial charge in [-0.15, -0.1) is 0 Å². The average Bonchev–Trinajstić information content (AvgIpc) is 3.08. The van der Waals surface area contributed by atoms with E-state index in [1.165, 1.54) is 36.8 Å². The monoisotopic (exact) mass is 320 g/mol. The minimum Gasteiger partial charge on any atom is -0.308 e. The summed E-state index contributed by atoms with van der Waals surface area (Å²) in [4.78, 5) is 2.72. The van der Waals surface area contributed by atoms with Crippen LogP contribution in [0.3, 0.4) is 0 Å². The molecule has 0 bridgehead atoms. The Balaban J connectivity index is 1.66. The van der Waals surface area contributed by atoms with Gasteiger partial charge >= 0.3 is 0 Å². The SMILES string of the molecule is CC1(c2ccccc2)CNC2(CCCC2)CN1Cc1ccccc1. The van der Waals surface area contributed by atoms with Crippen LogP contribution in [0.1, 0.15) is 43.7 Å². The van der Waals surface area contributed by atoms with Crippen LogP contribution in [0.2, 0.25) is 0 Å². The molecule has 2 aliphatic rings. The Bertz CT molecular complexity index is 661. The van der Waals surface area contributed by atoms with Gasteiger partial charge in [0.05, 0.1) is 5.54 Å². The maximum Gasteiger partial charge on any atom is 0.0561 e. The van der Waals surface area contributed by atoms with Gasteiger partial charge in [0, 0.05) is 25.2 Å². The number of hydrogen-bond donors (Lipinski definition) is 1. The molecule has 1 spiro atoms. The van der Waals surface area contributed by atoms with Crippen LogP contribution in [0.15, 0.2) is 60.7 Å². The fourth-order valence-corrected chi connectivity index (χ4v) is 4.57. The third-order valence-electron chi connectivity index (χ3n) is 6.17. The molecule has 1 heterocycles. The number of hydrogen-bond acceptors (Lipinski definition) is 2. The average molecular weight is 320 g/mol. The molecule has 0 aromatic heterocycles. The van der Waals surface area contributed by atoms with Gasteiger partial charge in [-0.3, -0.25) is 4.90 Å². The van der Waals surface area contributed by atoms with Crippen molar-refractivity contribution in [1.29, 1.82) is 0 Å². The highest BCUT2D eigenvalue weighted by molar-refractivity contribution is 5.27. The lowest BCUT2D eigenvalue weighted by atomic mass is 9.82. The summed E-state index contributed by atoms with van der Waals surface area (Å²) in [6.45, 7) is 5.60. The minimum atomic E-state index is 0.0466. The van der Waals surface area contributed by atoms with Gasteiger partial charge in [-0.25, -0.2) is 0 Å². The Hall–Kier alpha value is -1.64. The summed E-state index contributed by atoms with van der Waals surface area (Å²) < 4.78 is 0. The smallest absolute Gasteiger partial charge is 0.0561 e. The van der Waals surface area contributed by atoms with Crippen molar-refractivity contribution in [2.24, 2.45) is 0 Å². The Morgan fingerprint density at radius 1 is 0.917 bits per heavy atom. The first-order valence-corrected chi connectivity index (χ1v) is 9.30. The Morgan fingerprint density at radius 2 is 1.54 bits per heavy atom. The molecular formula is C22H28N2. The van der Waals surface area contributed by atoms with Gasteiger partial charge in [0.1, 0.15) is 0 Å². The van der Waals surface area contributed by atoms with Crippen LogP contribution in [0.4, 0.5) is 0 Å². The molecule has 2 nitrogen and oxygen atoms in total. The van der Waals surface area contributed by atoms with Crippen molar-refractivity contribution in [3.63, 3.8) is 0 Å². The minimum absolute atomic E-state index is 0.0466. The molecule has 1 N–H and O–H groups in total. The summed E-state index contributed by atoms with van der Waals surface area (Å²) in [7, 11) is 0. The lowest BCUT2D eigenvalue weighted by Gasteiger charge is -2.53. The van der Waals surface area contributed by atoms with Gasteiger partial charge in [-0.2, -0.15) is 0 Å². The summed E-state index contributed by atoms with van der Waals surface area (Å²) in [6, 6.07) is 22.0. The van der Waals surface area contributed by atoms with Crippen molar-refractivity contribution in [2.45, 2.75) is 50.2 Å². The molecule has 4 rings (SSSR count). The Kier molecular flexibility index (Phi) is 4.19. The molecule has 1 unspecified atom stereocenters. The van der Waals surface area contributed by atoms with Gasteiger partial charge in [-0.05, 0) is 30.9 Å². The van der Waals surface area contributed by atoms with E-state index >= 15 is 0 Å². The van der Waals surface area contributed by atoms with E-state index in [2.05, 4.69) is 77.8 Å². The number of nitrogens with one attached hydrogen (secondary N) is 1. The van der Waals surface area contributed by atoms with E-state index in [4.69, 9.17) is 0 Å². The standard InChI is InChI=1S/C22H28N2/c1-21(20-12-6-3-7-13-20)17-23-22(14-8-9-15-22)18-24(21)16-19-10-4-2-5-11-19/h2-7,10-13,23H,8-9,14-18H2,1H3. The third-order valence-corrected chi connectivity index (χ3v) is 6.17. The van der Waals surface area contributed by atoms with Crippen LogP contribution in [0.5, 0.6) is 0 Å². The van der Waals surface area contributed by atoms with Gasteiger partial charge in [0.15, 0.2) is 0 Å². The van der Waals surface area contributed by atoms with Crippen molar-refractivity contribution < 1.29 is 0 Å². The quantitative estimate of drug-likeness (QED) is 0.906. The zero-order valence-corrected chi connectivity index (χ0v) is 14.7. The molecule has 1 atom stereocenters. The normalized spacial score (nSPS) is 26.7. The molecule has 1 saturated heterocycles. The van der Waals surface area contributed by atoms with Gasteiger partial charge < -0.3 is 5.32 Å². The predicted molar refractivity (Wildman–Crippen MR) is 99.8 cm³/mol. The number of rotatable bonds is 3. The molecule has 0 amide bonds. The van der Waals surface area contributed by atoms with Crippen LogP contribution in [-0.4, -0.2) is 23.5 Å². The van der Waals surface area contributed by atoms with E-state index in [1.54, 1.807) is 0 Å². The van der Waals surface area contributed by atoms with Crippen molar-refractivity contribution in [1.82, 2.24) is 10.2 Å². The van der Waals surface area contributed by atoms with Crippen molar-refractivity contribution in [3.05, 3.63) is 71.8 Å². The summed E-state index contributed by atoms with van der Waals surface area (Å²) in [5.41, 5.74) is 3.21. The van der Waals surface area contributed by atoms with Crippen molar-refractivity contribution >= 4 is 0 Å². The first kappa shape index (κ1) is 15.9. The van der Waals surface area contributed by atoms with Crippen molar-refractivity contribution in [3.8, 4) is 0 Å². The van der Waals surface area contributed by atoms with Gasteiger partial charge in [0.25, 0.3) is 0 Å². The van der Waals surface area contributed by atoms with Crippen LogP contribution in [-0.2, 0) is 12.1 Å². The Labute approximate surface area is 145 Å². The van der Waals surface area contributed by atoms with E-state index in [0.717, 1.165) is 19.6 Å². The fraction of sp³-hybridized carbons (Fsp3) is 0.455. The molecule has 2 heteroatoms. The predicted octanol–water partition coefficient (Wildman–Crippen LogP) is 4.32. The molecule has 0 radical (unpaired) electrons. The maximum atomic E-state index is 3.96. The molecule has 126 valence electrons. The largest absolute Gasteiger partial charge is 0.308 e. The third kappa shape index (κ3) is 2.89. The van der Waals surface area contributed by atoms with Crippen LogP contribution in [0.25, 0.3) is 0 Å². The second-order valence-corrected chi connectivity index (χ2v) is 7.82. The lowest BCUT2D eigenvalue weighted by molar-refractivity contribution is 0.00719. The number of nitrogens with zero attached hydrogens (tertiary/aromatic N) is 1. The summed E-state index contributed by atoms with van der Waals surface area (Å²) in [5, 5.41) is 3.96. The van der Waals surface area contributed by atoms with Crippen LogP contribution < -0.4 is 5.32 Å². The van der Waals surface area contributed by atoms with E-state index in [9.17, 15) is 0 Å². The highest BCUT2D eigenvalue weighted by Gasteiger charge is 2.46. The summed E-state index contributed by atoms with van der Waals surface area (Å²) >= 11 is 0. The topological polar surface area (TPSA) is 15.3 Å². The first-order valence-electron chi connectivity index (χ1n) is 9.30. The summed E-state index contributed by atoms with van der Waals surface area (Å²) in [6.07, 6.45) is 5.38. The van der Waals surface area contributed by atoms with Crippen LogP contribution in [0, 0.1) is 0 Å². The van der Waals surface area contributed by atoms with Crippen molar-refractivity contribution in [2.75, 3.05) is 13.1 Å². The highest BCUT2D eigenvalue weighted by atomic mass is 15.3. The second-order valence-electron chi connectivity index (χ2n) is 7.82. The highest BCUT2D eigenvalue weighted by Crippen LogP contribution is 2.40. The molecule has 1 aliphatic heterocycles. The lowest BCUT2D eigenvalue weighted by Crippen LogP contribution is -2.66. The molecule has 1 aliphatic carbocycles. The molecule has 24 heavy (non-hydrogen) atoms. The molecule has 1 saturated carbocycles. The van der Waals surface area contributed by atoms with E-state index in [1.807, 2.05) is 0 Å². The second kappa shape index (κ2) is 6.34. The molecule has 2 aromatic carbocycles. The fourth-order valence-electron chi connectivity index (χ4n) is 4.57. The molecular weight excluding hydrogens is 292 g/mol. The van der Waals surface area contributed by atoms with E-state index < -0.39 is 0 Å². The molecule has 2 fully saturated rings. The Morgan fingerprint density at radius 3 is 2.21 bits per heavy atom. The number of piperazine rings is 1. The van der Waals surface area contributed by atoms with E-state index in [-0.39, 0.29) is 5.54 Å². The zero-order valence-electron chi connectivity index (χ0n) is 14.7. The van der Waals surface area contributed by atoms with Crippen LogP contribution >= 0.6 is 0 Å². The molecule has 2 aromatic rings. The first-order chi connectivity index (χ1) is 11.7. The van der Waals surface area contributed by atoms with Gasteiger partial charge in [-0.1, -0.05) is 73.5 Å². The number of benzene rings is 2. The maximum absolute atomic E-state index is 3.96. The zero-order chi connectivity index (χ0) is 16.5.